The average molecular weight is 371 g/mol. The van der Waals surface area contributed by atoms with Crippen LogP contribution < -0.4 is 5.32 Å². The zero-order chi connectivity index (χ0) is 15.2. The summed E-state index contributed by atoms with van der Waals surface area (Å²) in [6.07, 6.45) is 0.990. The molecule has 1 unspecified atom stereocenters. The topological polar surface area (TPSA) is 15.3 Å². The normalized spacial score (nSPS) is 12.8. The highest BCUT2D eigenvalue weighted by atomic mass is 79.9. The summed E-state index contributed by atoms with van der Waals surface area (Å²) in [7, 11) is 4.08. The van der Waals surface area contributed by atoms with Crippen molar-refractivity contribution in [3.8, 4) is 0 Å². The fraction of sp³-hybridized carbons (Fsp3) is 0.375. The molecule has 1 aromatic heterocycles. The van der Waals surface area contributed by atoms with Crippen molar-refractivity contribution < 1.29 is 4.39 Å². The molecule has 1 heterocycles. The Balaban J connectivity index is 1.86. The van der Waals surface area contributed by atoms with E-state index in [4.69, 9.17) is 0 Å². The first kappa shape index (κ1) is 16.6. The summed E-state index contributed by atoms with van der Waals surface area (Å²) >= 11 is 5.21. The van der Waals surface area contributed by atoms with Crippen molar-refractivity contribution in [2.45, 2.75) is 19.0 Å². The van der Waals surface area contributed by atoms with Crippen molar-refractivity contribution in [1.82, 2.24) is 10.2 Å². The van der Waals surface area contributed by atoms with Gasteiger partial charge in [0, 0.05) is 12.6 Å². The number of nitrogens with one attached hydrogen (secondary N) is 1. The minimum Gasteiger partial charge on any atom is -0.313 e. The molecule has 114 valence electrons. The van der Waals surface area contributed by atoms with Gasteiger partial charge in [0.2, 0.25) is 0 Å². The van der Waals surface area contributed by atoms with E-state index in [0.717, 1.165) is 25.1 Å². The molecule has 2 nitrogen and oxygen atoms in total. The lowest BCUT2D eigenvalue weighted by molar-refractivity contribution is 0.304. The Morgan fingerprint density at radius 1 is 1.33 bits per heavy atom. The maximum Gasteiger partial charge on any atom is 0.123 e. The third-order valence-corrected chi connectivity index (χ3v) is 5.05. The SMILES string of the molecule is CNC(CCN(C)Cc1csc(Br)c1)c1ccc(F)cc1. The number of hydrogen-bond acceptors (Lipinski definition) is 3. The predicted molar refractivity (Wildman–Crippen MR) is 91.2 cm³/mol. The van der Waals surface area contributed by atoms with Crippen LogP contribution in [0, 0.1) is 5.82 Å². The summed E-state index contributed by atoms with van der Waals surface area (Å²) in [5.74, 6) is -0.186. The van der Waals surface area contributed by atoms with E-state index < -0.39 is 0 Å². The average Bonchev–Trinajstić information content (AvgIpc) is 2.86. The number of rotatable bonds is 7. The molecule has 0 aliphatic carbocycles. The number of nitrogens with zero attached hydrogens (tertiary/aromatic N) is 1. The van der Waals surface area contributed by atoms with Crippen molar-refractivity contribution in [2.24, 2.45) is 0 Å². The minimum atomic E-state index is -0.186. The minimum absolute atomic E-state index is 0.186. The molecule has 1 N–H and O–H groups in total. The summed E-state index contributed by atoms with van der Waals surface area (Å²) in [5.41, 5.74) is 2.46. The number of halogens is 2. The summed E-state index contributed by atoms with van der Waals surface area (Å²) in [6.45, 7) is 1.93. The van der Waals surface area contributed by atoms with Gasteiger partial charge in [-0.15, -0.1) is 11.3 Å². The van der Waals surface area contributed by atoms with Gasteiger partial charge in [-0.25, -0.2) is 4.39 Å². The van der Waals surface area contributed by atoms with Crippen molar-refractivity contribution in [3.63, 3.8) is 0 Å². The van der Waals surface area contributed by atoms with Gasteiger partial charge in [-0.3, -0.25) is 0 Å². The van der Waals surface area contributed by atoms with Crippen LogP contribution in [0.3, 0.4) is 0 Å². The molecule has 0 saturated heterocycles. The van der Waals surface area contributed by atoms with E-state index in [1.54, 1.807) is 11.3 Å². The zero-order valence-electron chi connectivity index (χ0n) is 12.3. The highest BCUT2D eigenvalue weighted by Crippen LogP contribution is 2.22. The third-order valence-electron chi connectivity index (χ3n) is 3.49. The lowest BCUT2D eigenvalue weighted by atomic mass is 10.0. The van der Waals surface area contributed by atoms with Crippen LogP contribution in [-0.4, -0.2) is 25.5 Å². The molecule has 0 aliphatic heterocycles. The Bertz CT molecular complexity index is 556. The Labute approximate surface area is 138 Å². The fourth-order valence-corrected chi connectivity index (χ4v) is 3.54. The largest absolute Gasteiger partial charge is 0.313 e. The van der Waals surface area contributed by atoms with E-state index in [0.29, 0.717) is 0 Å². The molecule has 1 atom stereocenters. The standard InChI is InChI=1S/C16H20BrFN2S/c1-19-15(13-3-5-14(18)6-4-13)7-8-20(2)10-12-9-16(17)21-11-12/h3-6,9,11,15,19H,7-8,10H2,1-2H3. The van der Waals surface area contributed by atoms with Gasteiger partial charge in [-0.2, -0.15) is 0 Å². The molecule has 2 aromatic rings. The molecule has 5 heteroatoms. The molecule has 1 aromatic carbocycles. The first-order chi connectivity index (χ1) is 10.1. The van der Waals surface area contributed by atoms with E-state index in [1.807, 2.05) is 19.2 Å². The molecule has 0 fully saturated rings. The van der Waals surface area contributed by atoms with Gasteiger partial charge in [0.05, 0.1) is 3.79 Å². The van der Waals surface area contributed by atoms with Crippen molar-refractivity contribution in [1.29, 1.82) is 0 Å². The monoisotopic (exact) mass is 370 g/mol. The van der Waals surface area contributed by atoms with Crippen LogP contribution in [0.2, 0.25) is 0 Å². The quantitative estimate of drug-likeness (QED) is 0.775. The smallest absolute Gasteiger partial charge is 0.123 e. The van der Waals surface area contributed by atoms with E-state index in [-0.39, 0.29) is 11.9 Å². The van der Waals surface area contributed by atoms with Crippen LogP contribution in [0.25, 0.3) is 0 Å². The lowest BCUT2D eigenvalue weighted by Gasteiger charge is -2.21. The van der Waals surface area contributed by atoms with E-state index in [1.165, 1.54) is 21.5 Å². The van der Waals surface area contributed by atoms with Gasteiger partial charge < -0.3 is 10.2 Å². The van der Waals surface area contributed by atoms with Crippen molar-refractivity contribution in [3.05, 3.63) is 56.4 Å². The van der Waals surface area contributed by atoms with E-state index in [9.17, 15) is 4.39 Å². The highest BCUT2D eigenvalue weighted by molar-refractivity contribution is 9.11. The second-order valence-electron chi connectivity index (χ2n) is 5.18. The molecule has 0 saturated carbocycles. The van der Waals surface area contributed by atoms with Crippen LogP contribution in [0.15, 0.2) is 39.5 Å². The molecule has 0 bridgehead atoms. The summed E-state index contributed by atoms with van der Waals surface area (Å²) in [6, 6.07) is 9.16. The van der Waals surface area contributed by atoms with Gasteiger partial charge >= 0.3 is 0 Å². The van der Waals surface area contributed by atoms with Gasteiger partial charge in [0.15, 0.2) is 0 Å². The van der Waals surface area contributed by atoms with Crippen LogP contribution in [0.1, 0.15) is 23.6 Å². The Morgan fingerprint density at radius 3 is 2.62 bits per heavy atom. The zero-order valence-corrected chi connectivity index (χ0v) is 14.7. The number of hydrogen-bond donors (Lipinski definition) is 1. The van der Waals surface area contributed by atoms with Crippen molar-refractivity contribution in [2.75, 3.05) is 20.6 Å². The first-order valence-corrected chi connectivity index (χ1v) is 8.60. The van der Waals surface area contributed by atoms with Crippen LogP contribution >= 0.6 is 27.3 Å². The van der Waals surface area contributed by atoms with E-state index >= 15 is 0 Å². The predicted octanol–water partition coefficient (Wildman–Crippen LogP) is 4.43. The molecular weight excluding hydrogens is 351 g/mol. The van der Waals surface area contributed by atoms with Gasteiger partial charge in [0.25, 0.3) is 0 Å². The van der Waals surface area contributed by atoms with Crippen LogP contribution in [0.4, 0.5) is 4.39 Å². The van der Waals surface area contributed by atoms with Gasteiger partial charge in [-0.05, 0) is 77.7 Å². The number of benzene rings is 1. The molecule has 21 heavy (non-hydrogen) atoms. The summed E-state index contributed by atoms with van der Waals surface area (Å²) in [4.78, 5) is 2.31. The Hall–Kier alpha value is -0.750. The Morgan fingerprint density at radius 2 is 2.05 bits per heavy atom. The van der Waals surface area contributed by atoms with Gasteiger partial charge in [0.1, 0.15) is 5.82 Å². The van der Waals surface area contributed by atoms with Crippen molar-refractivity contribution >= 4 is 27.3 Å². The highest BCUT2D eigenvalue weighted by Gasteiger charge is 2.11. The second-order valence-corrected chi connectivity index (χ2v) is 7.47. The van der Waals surface area contributed by atoms with Crippen LogP contribution in [0.5, 0.6) is 0 Å². The third kappa shape index (κ3) is 5.18. The second kappa shape index (κ2) is 8.03. The van der Waals surface area contributed by atoms with Crippen LogP contribution in [-0.2, 0) is 6.54 Å². The molecular formula is C16H20BrFN2S. The molecule has 2 rings (SSSR count). The maximum absolute atomic E-state index is 13.0. The molecule has 0 amide bonds. The lowest BCUT2D eigenvalue weighted by Crippen LogP contribution is -2.25. The van der Waals surface area contributed by atoms with Gasteiger partial charge in [-0.1, -0.05) is 12.1 Å². The first-order valence-electron chi connectivity index (χ1n) is 6.92. The van der Waals surface area contributed by atoms with E-state index in [2.05, 4.69) is 44.6 Å². The Kier molecular flexibility index (Phi) is 6.36. The molecule has 0 radical (unpaired) electrons. The number of thiophene rings is 1. The summed E-state index contributed by atoms with van der Waals surface area (Å²) in [5, 5.41) is 5.48. The molecule has 0 aliphatic rings. The maximum atomic E-state index is 13.0. The summed E-state index contributed by atoms with van der Waals surface area (Å²) < 4.78 is 14.2. The molecule has 0 spiro atoms. The fourth-order valence-electron chi connectivity index (χ4n) is 2.34.